The molecule has 26 heavy (non-hydrogen) atoms. The van der Waals surface area contributed by atoms with Crippen molar-refractivity contribution in [3.05, 3.63) is 34.9 Å². The highest BCUT2D eigenvalue weighted by atomic mass is 35.5. The van der Waals surface area contributed by atoms with Crippen molar-refractivity contribution in [1.82, 2.24) is 10.2 Å². The van der Waals surface area contributed by atoms with E-state index in [4.69, 9.17) is 16.6 Å². The summed E-state index contributed by atoms with van der Waals surface area (Å²) < 4.78 is 0. The monoisotopic (exact) mass is 415 g/mol. The van der Waals surface area contributed by atoms with Gasteiger partial charge in [0.05, 0.1) is 6.04 Å². The lowest BCUT2D eigenvalue weighted by Gasteiger charge is -2.23. The maximum atomic E-state index is 12.3. The Hall–Kier alpha value is -0.910. The van der Waals surface area contributed by atoms with Crippen LogP contribution in [0.25, 0.3) is 0 Å². The lowest BCUT2D eigenvalue weighted by Crippen LogP contribution is -2.36. The Kier molecular flexibility index (Phi) is 8.58. The van der Waals surface area contributed by atoms with Crippen molar-refractivity contribution in [1.29, 1.82) is 0 Å². The number of amidine groups is 1. The summed E-state index contributed by atoms with van der Waals surface area (Å²) in [5.74, 6) is 1.03. The Bertz CT molecular complexity index is 618. The second-order valence-electron chi connectivity index (χ2n) is 6.89. The fraction of sp³-hybridized carbons (Fsp3) is 0.579. The number of rotatable bonds is 5. The summed E-state index contributed by atoms with van der Waals surface area (Å²) in [6, 6.07) is 8.29. The Morgan fingerprint density at radius 3 is 2.65 bits per heavy atom. The largest absolute Gasteiger partial charge is 0.352 e. The van der Waals surface area contributed by atoms with E-state index in [2.05, 4.69) is 17.3 Å². The number of benzene rings is 1. The quantitative estimate of drug-likeness (QED) is 0.769. The van der Waals surface area contributed by atoms with Crippen LogP contribution in [-0.4, -0.2) is 40.9 Å². The molecular weight excluding hydrogens is 389 g/mol. The summed E-state index contributed by atoms with van der Waals surface area (Å²) in [5.41, 5.74) is 1.06. The van der Waals surface area contributed by atoms with Crippen molar-refractivity contribution < 1.29 is 4.79 Å². The topological polar surface area (TPSA) is 44.7 Å². The summed E-state index contributed by atoms with van der Waals surface area (Å²) in [6.07, 6.45) is 6.88. The van der Waals surface area contributed by atoms with Crippen molar-refractivity contribution in [3.8, 4) is 0 Å². The molecule has 1 saturated carbocycles. The molecular formula is C19H27Cl2N3OS. The molecule has 1 aliphatic carbocycles. The second kappa shape index (κ2) is 10.4. The average molecular weight is 416 g/mol. The molecule has 1 heterocycles. The van der Waals surface area contributed by atoms with Crippen LogP contribution in [0.2, 0.25) is 5.02 Å². The molecule has 1 amide bonds. The Morgan fingerprint density at radius 2 is 1.96 bits per heavy atom. The van der Waals surface area contributed by atoms with Crippen molar-refractivity contribution in [2.75, 3.05) is 12.8 Å². The first kappa shape index (κ1) is 21.4. The van der Waals surface area contributed by atoms with Crippen molar-refractivity contribution in [2.45, 2.75) is 57.2 Å². The molecule has 2 fully saturated rings. The maximum Gasteiger partial charge on any atom is 0.222 e. The van der Waals surface area contributed by atoms with E-state index in [1.807, 2.05) is 24.3 Å². The zero-order valence-corrected chi connectivity index (χ0v) is 17.5. The molecule has 1 N–H and O–H groups in total. The molecule has 1 aromatic carbocycles. The van der Waals surface area contributed by atoms with Gasteiger partial charge in [-0.05, 0) is 30.5 Å². The van der Waals surface area contributed by atoms with Gasteiger partial charge in [-0.2, -0.15) is 0 Å². The number of hydrogen-bond donors (Lipinski definition) is 1. The van der Waals surface area contributed by atoms with E-state index in [-0.39, 0.29) is 24.4 Å². The summed E-state index contributed by atoms with van der Waals surface area (Å²) in [4.78, 5) is 19.4. The molecule has 7 heteroatoms. The standard InChI is InChI=1S/C19H26ClN3OS.ClH/c1-23-17(13-25-19(23)22-16-5-3-2-4-6-16)11-18(24)21-12-14-7-9-15(20)10-8-14;/h7-10,16-17H,2-6,11-13H2,1H3,(H,21,24);1H/b22-19-;. The van der Waals surface area contributed by atoms with Crippen LogP contribution in [0.3, 0.4) is 0 Å². The van der Waals surface area contributed by atoms with E-state index in [1.54, 1.807) is 11.8 Å². The molecule has 1 atom stereocenters. The SMILES string of the molecule is CN1/C(=N/C2CCCCC2)SCC1CC(=O)NCc1ccc(Cl)cc1.Cl. The minimum absolute atomic E-state index is 0. The Morgan fingerprint density at radius 1 is 1.27 bits per heavy atom. The molecule has 0 aromatic heterocycles. The van der Waals surface area contributed by atoms with Crippen LogP contribution in [0.4, 0.5) is 0 Å². The van der Waals surface area contributed by atoms with Gasteiger partial charge in [0.1, 0.15) is 0 Å². The molecule has 1 aromatic rings. The van der Waals surface area contributed by atoms with Crippen molar-refractivity contribution >= 4 is 46.8 Å². The molecule has 1 unspecified atom stereocenters. The van der Waals surface area contributed by atoms with Gasteiger partial charge in [0.15, 0.2) is 5.17 Å². The first-order chi connectivity index (χ1) is 12.1. The molecule has 0 radical (unpaired) electrons. The van der Waals surface area contributed by atoms with Crippen molar-refractivity contribution in [3.63, 3.8) is 0 Å². The van der Waals surface area contributed by atoms with Crippen LogP contribution in [0, 0.1) is 0 Å². The van der Waals surface area contributed by atoms with Crippen LogP contribution in [0.5, 0.6) is 0 Å². The third-order valence-electron chi connectivity index (χ3n) is 4.95. The number of amides is 1. The molecule has 1 aliphatic heterocycles. The van der Waals surface area contributed by atoms with Crippen LogP contribution >= 0.6 is 35.8 Å². The number of nitrogens with one attached hydrogen (secondary N) is 1. The highest BCUT2D eigenvalue weighted by Crippen LogP contribution is 2.28. The number of carbonyl (C=O) groups is 1. The first-order valence-corrected chi connectivity index (χ1v) is 10.4. The van der Waals surface area contributed by atoms with E-state index in [0.717, 1.165) is 16.5 Å². The number of nitrogens with zero attached hydrogens (tertiary/aromatic N) is 2. The number of hydrogen-bond acceptors (Lipinski definition) is 3. The lowest BCUT2D eigenvalue weighted by molar-refractivity contribution is -0.121. The van der Waals surface area contributed by atoms with E-state index >= 15 is 0 Å². The summed E-state index contributed by atoms with van der Waals surface area (Å²) in [6.45, 7) is 0.544. The highest BCUT2D eigenvalue weighted by molar-refractivity contribution is 8.14. The highest BCUT2D eigenvalue weighted by Gasteiger charge is 2.29. The van der Waals surface area contributed by atoms with E-state index in [1.165, 1.54) is 32.1 Å². The Labute approximate surface area is 171 Å². The minimum Gasteiger partial charge on any atom is -0.352 e. The van der Waals surface area contributed by atoms with Gasteiger partial charge >= 0.3 is 0 Å². The van der Waals surface area contributed by atoms with Crippen LogP contribution in [0.1, 0.15) is 44.1 Å². The molecule has 2 aliphatic rings. The van der Waals surface area contributed by atoms with Crippen molar-refractivity contribution in [2.24, 2.45) is 4.99 Å². The third kappa shape index (κ3) is 6.07. The van der Waals surface area contributed by atoms with E-state index in [0.29, 0.717) is 24.0 Å². The first-order valence-electron chi connectivity index (χ1n) is 9.06. The van der Waals surface area contributed by atoms with Gasteiger partial charge in [-0.1, -0.05) is 54.8 Å². The van der Waals surface area contributed by atoms with Gasteiger partial charge in [-0.3, -0.25) is 9.79 Å². The van der Waals surface area contributed by atoms with Crippen LogP contribution in [-0.2, 0) is 11.3 Å². The van der Waals surface area contributed by atoms with E-state index in [9.17, 15) is 4.79 Å². The molecule has 144 valence electrons. The second-order valence-corrected chi connectivity index (χ2v) is 8.31. The van der Waals surface area contributed by atoms with Gasteiger partial charge in [-0.25, -0.2) is 0 Å². The van der Waals surface area contributed by atoms with Gasteiger partial charge in [-0.15, -0.1) is 12.4 Å². The van der Waals surface area contributed by atoms with Crippen LogP contribution in [0.15, 0.2) is 29.3 Å². The van der Waals surface area contributed by atoms with Gasteiger partial charge in [0.25, 0.3) is 0 Å². The molecule has 0 bridgehead atoms. The molecule has 1 saturated heterocycles. The smallest absolute Gasteiger partial charge is 0.222 e. The minimum atomic E-state index is 0. The van der Waals surface area contributed by atoms with Gasteiger partial charge in [0.2, 0.25) is 5.91 Å². The molecule has 4 nitrogen and oxygen atoms in total. The number of thioether (sulfide) groups is 1. The number of carbonyl (C=O) groups excluding carboxylic acids is 1. The lowest BCUT2D eigenvalue weighted by atomic mass is 9.96. The summed E-state index contributed by atoms with van der Waals surface area (Å²) in [7, 11) is 2.07. The van der Waals surface area contributed by atoms with E-state index < -0.39 is 0 Å². The molecule has 3 rings (SSSR count). The zero-order chi connectivity index (χ0) is 17.6. The number of halogens is 2. The zero-order valence-electron chi connectivity index (χ0n) is 15.1. The number of aliphatic imine (C=N–C) groups is 1. The van der Waals surface area contributed by atoms with Gasteiger partial charge < -0.3 is 10.2 Å². The van der Waals surface area contributed by atoms with Crippen LogP contribution < -0.4 is 5.32 Å². The third-order valence-corrected chi connectivity index (χ3v) is 6.40. The average Bonchev–Trinajstić information content (AvgIpc) is 2.95. The normalized spacial score (nSPS) is 22.3. The predicted molar refractivity (Wildman–Crippen MR) is 113 cm³/mol. The summed E-state index contributed by atoms with van der Waals surface area (Å²) in [5, 5.41) is 4.83. The predicted octanol–water partition coefficient (Wildman–Crippen LogP) is 4.50. The van der Waals surface area contributed by atoms with Gasteiger partial charge in [0, 0.05) is 36.8 Å². The fourth-order valence-corrected chi connectivity index (χ4v) is 4.71. The fourth-order valence-electron chi connectivity index (χ4n) is 3.32. The molecule has 0 spiro atoms. The maximum absolute atomic E-state index is 12.3. The Balaban J connectivity index is 0.00000243. The summed E-state index contributed by atoms with van der Waals surface area (Å²) >= 11 is 7.67.